The average Bonchev–Trinajstić information content (AvgIpc) is 2.84. The van der Waals surface area contributed by atoms with Gasteiger partial charge in [-0.3, -0.25) is 9.78 Å². The van der Waals surface area contributed by atoms with Crippen molar-refractivity contribution in [3.63, 3.8) is 0 Å². The number of aromatic nitrogens is 1. The molecule has 0 fully saturated rings. The molecule has 2 aromatic carbocycles. The van der Waals surface area contributed by atoms with Crippen LogP contribution in [-0.4, -0.2) is 55.7 Å². The number of rotatable bonds is 5. The zero-order valence-electron chi connectivity index (χ0n) is 18.4. The Balaban J connectivity index is 1.54. The van der Waals surface area contributed by atoms with E-state index in [1.54, 1.807) is 55.5 Å². The Morgan fingerprint density at radius 1 is 1.03 bits per heavy atom. The van der Waals surface area contributed by atoms with Crippen molar-refractivity contribution in [2.24, 2.45) is 0 Å². The van der Waals surface area contributed by atoms with Gasteiger partial charge in [-0.2, -0.15) is 4.31 Å². The van der Waals surface area contributed by atoms with Crippen molar-refractivity contribution in [3.8, 4) is 11.3 Å². The number of sulfonamides is 1. The molecular formula is C25H24ClN3O3S. The third-order valence-electron chi connectivity index (χ3n) is 5.59. The standard InChI is InChI=1S/C25H24ClN3O3S/c1-28(2)25(30)20-9-7-19(8-10-20)23-17-21(11-14-27-23)18-12-15-29(16-13-18)33(31,32)24-6-4-3-5-22(24)26/h3-12,14,17H,13,15-16H2,1-2H3. The molecule has 1 aliphatic rings. The molecule has 8 heteroatoms. The molecule has 0 atom stereocenters. The summed E-state index contributed by atoms with van der Waals surface area (Å²) in [5, 5.41) is 0.226. The van der Waals surface area contributed by atoms with Crippen LogP contribution >= 0.6 is 11.6 Å². The number of hydrogen-bond donors (Lipinski definition) is 0. The Morgan fingerprint density at radius 2 is 1.76 bits per heavy atom. The highest BCUT2D eigenvalue weighted by molar-refractivity contribution is 7.89. The van der Waals surface area contributed by atoms with Gasteiger partial charge in [-0.1, -0.05) is 41.9 Å². The molecule has 0 N–H and O–H groups in total. The lowest BCUT2D eigenvalue weighted by atomic mass is 9.99. The van der Waals surface area contributed by atoms with Crippen LogP contribution in [0.25, 0.3) is 16.8 Å². The van der Waals surface area contributed by atoms with Gasteiger partial charge in [0.25, 0.3) is 5.91 Å². The van der Waals surface area contributed by atoms with Gasteiger partial charge in [0, 0.05) is 44.5 Å². The predicted molar refractivity (Wildman–Crippen MR) is 130 cm³/mol. The van der Waals surface area contributed by atoms with Gasteiger partial charge >= 0.3 is 0 Å². The highest BCUT2D eigenvalue weighted by Gasteiger charge is 2.28. The van der Waals surface area contributed by atoms with Crippen molar-refractivity contribution in [2.45, 2.75) is 11.3 Å². The molecule has 4 rings (SSSR count). The van der Waals surface area contributed by atoms with E-state index in [-0.39, 0.29) is 22.4 Å². The average molecular weight is 482 g/mol. The van der Waals surface area contributed by atoms with Gasteiger partial charge in [0.1, 0.15) is 4.90 Å². The molecule has 6 nitrogen and oxygen atoms in total. The molecule has 1 aromatic heterocycles. The van der Waals surface area contributed by atoms with Crippen LogP contribution in [0.3, 0.4) is 0 Å². The van der Waals surface area contributed by atoms with Gasteiger partial charge in [-0.05, 0) is 54.0 Å². The number of carbonyl (C=O) groups excluding carboxylic acids is 1. The Hall–Kier alpha value is -3.00. The third-order valence-corrected chi connectivity index (χ3v) is 7.96. The summed E-state index contributed by atoms with van der Waals surface area (Å²) < 4.78 is 27.4. The molecule has 0 saturated heterocycles. The monoisotopic (exact) mass is 481 g/mol. The Kier molecular flexibility index (Phi) is 6.65. The molecule has 170 valence electrons. The lowest BCUT2D eigenvalue weighted by molar-refractivity contribution is 0.0827. The maximum atomic E-state index is 13.0. The Bertz CT molecular complexity index is 1320. The maximum absolute atomic E-state index is 13.0. The SMILES string of the molecule is CN(C)C(=O)c1ccc(-c2cc(C3=CCN(S(=O)(=O)c4ccccc4Cl)CC3)ccn2)cc1. The van der Waals surface area contributed by atoms with E-state index < -0.39 is 10.0 Å². The zero-order chi connectivity index (χ0) is 23.6. The minimum absolute atomic E-state index is 0.0492. The number of hydrogen-bond acceptors (Lipinski definition) is 4. The summed E-state index contributed by atoms with van der Waals surface area (Å²) >= 11 is 6.12. The summed E-state index contributed by atoms with van der Waals surface area (Å²) in [4.78, 5) is 18.3. The van der Waals surface area contributed by atoms with E-state index in [4.69, 9.17) is 11.6 Å². The van der Waals surface area contributed by atoms with Crippen molar-refractivity contribution >= 4 is 33.1 Å². The first kappa shape index (κ1) is 23.2. The van der Waals surface area contributed by atoms with Crippen molar-refractivity contribution in [2.75, 3.05) is 27.2 Å². The first-order chi connectivity index (χ1) is 15.8. The van der Waals surface area contributed by atoms with Gasteiger partial charge < -0.3 is 4.90 Å². The van der Waals surface area contributed by atoms with Crippen LogP contribution in [0.15, 0.2) is 77.8 Å². The molecule has 3 aromatic rings. The van der Waals surface area contributed by atoms with Crippen molar-refractivity contribution in [1.29, 1.82) is 0 Å². The topological polar surface area (TPSA) is 70.6 Å². The van der Waals surface area contributed by atoms with Gasteiger partial charge in [-0.25, -0.2) is 8.42 Å². The Morgan fingerprint density at radius 3 is 2.39 bits per heavy atom. The minimum Gasteiger partial charge on any atom is -0.345 e. The van der Waals surface area contributed by atoms with Gasteiger partial charge in [0.05, 0.1) is 10.7 Å². The quantitative estimate of drug-likeness (QED) is 0.534. The normalized spacial score (nSPS) is 14.6. The van der Waals surface area contributed by atoms with Crippen molar-refractivity contribution < 1.29 is 13.2 Å². The van der Waals surface area contributed by atoms with E-state index in [0.717, 1.165) is 22.4 Å². The lowest BCUT2D eigenvalue weighted by Crippen LogP contribution is -2.34. The summed E-state index contributed by atoms with van der Waals surface area (Å²) in [7, 11) is -0.209. The van der Waals surface area contributed by atoms with E-state index in [1.807, 2.05) is 30.3 Å². The molecule has 33 heavy (non-hydrogen) atoms. The fourth-order valence-electron chi connectivity index (χ4n) is 3.75. The van der Waals surface area contributed by atoms with Crippen LogP contribution in [-0.2, 0) is 10.0 Å². The largest absolute Gasteiger partial charge is 0.345 e. The molecule has 1 amide bonds. The second-order valence-corrected chi connectivity index (χ2v) is 10.3. The number of amides is 1. The smallest absolute Gasteiger partial charge is 0.253 e. The minimum atomic E-state index is -3.65. The molecule has 0 aliphatic carbocycles. The lowest BCUT2D eigenvalue weighted by Gasteiger charge is -2.26. The maximum Gasteiger partial charge on any atom is 0.253 e. The Labute approximate surface area is 199 Å². The summed E-state index contributed by atoms with van der Waals surface area (Å²) in [6.07, 6.45) is 4.27. The summed E-state index contributed by atoms with van der Waals surface area (Å²) in [5.41, 5.74) is 4.40. The van der Waals surface area contributed by atoms with Gasteiger partial charge in [0.2, 0.25) is 10.0 Å². The van der Waals surface area contributed by atoms with Crippen LogP contribution in [0, 0.1) is 0 Å². The number of nitrogens with zero attached hydrogens (tertiary/aromatic N) is 3. The van der Waals surface area contributed by atoms with Crippen LogP contribution in [0.5, 0.6) is 0 Å². The molecular weight excluding hydrogens is 458 g/mol. The zero-order valence-corrected chi connectivity index (χ0v) is 20.0. The van der Waals surface area contributed by atoms with Gasteiger partial charge in [-0.15, -0.1) is 0 Å². The summed E-state index contributed by atoms with van der Waals surface area (Å²) in [6.45, 7) is 0.653. The molecule has 0 bridgehead atoms. The second kappa shape index (κ2) is 9.47. The van der Waals surface area contributed by atoms with Crippen LogP contribution in [0.4, 0.5) is 0 Å². The van der Waals surface area contributed by atoms with E-state index in [9.17, 15) is 13.2 Å². The van der Waals surface area contributed by atoms with E-state index >= 15 is 0 Å². The van der Waals surface area contributed by atoms with Crippen molar-refractivity contribution in [3.05, 3.63) is 89.1 Å². The van der Waals surface area contributed by atoms with Crippen LogP contribution < -0.4 is 0 Å². The molecule has 0 radical (unpaired) electrons. The van der Waals surface area contributed by atoms with E-state index in [0.29, 0.717) is 18.5 Å². The molecule has 1 aliphatic heterocycles. The van der Waals surface area contributed by atoms with E-state index in [1.165, 1.54) is 10.4 Å². The molecule has 2 heterocycles. The second-order valence-electron chi connectivity index (χ2n) is 7.98. The molecule has 0 unspecified atom stereocenters. The van der Waals surface area contributed by atoms with Crippen molar-refractivity contribution in [1.82, 2.24) is 14.2 Å². The summed E-state index contributed by atoms with van der Waals surface area (Å²) in [6, 6.07) is 17.8. The van der Waals surface area contributed by atoms with Gasteiger partial charge in [0.15, 0.2) is 0 Å². The highest BCUT2D eigenvalue weighted by atomic mass is 35.5. The fraction of sp³-hybridized carbons (Fsp3) is 0.200. The van der Waals surface area contributed by atoms with Crippen LogP contribution in [0.1, 0.15) is 22.3 Å². The predicted octanol–water partition coefficient (Wildman–Crippen LogP) is 4.58. The number of halogens is 1. The summed E-state index contributed by atoms with van der Waals surface area (Å²) in [5.74, 6) is -0.0492. The molecule has 0 spiro atoms. The highest BCUT2D eigenvalue weighted by Crippen LogP contribution is 2.30. The number of benzene rings is 2. The first-order valence-electron chi connectivity index (χ1n) is 10.5. The molecule has 0 saturated carbocycles. The fourth-order valence-corrected chi connectivity index (χ4v) is 5.63. The number of carbonyl (C=O) groups is 1. The third kappa shape index (κ3) is 4.85. The van der Waals surface area contributed by atoms with E-state index in [2.05, 4.69) is 4.98 Å². The first-order valence-corrected chi connectivity index (χ1v) is 12.3. The number of pyridine rings is 1. The van der Waals surface area contributed by atoms with Crippen LogP contribution in [0.2, 0.25) is 5.02 Å².